The maximum atomic E-state index is 13.2. The summed E-state index contributed by atoms with van der Waals surface area (Å²) in [4.78, 5) is 12.2. The predicted molar refractivity (Wildman–Crippen MR) is 72.6 cm³/mol. The van der Waals surface area contributed by atoms with Crippen LogP contribution in [0.4, 0.5) is 8.78 Å². The van der Waals surface area contributed by atoms with E-state index in [-0.39, 0.29) is 12.2 Å². The molecule has 0 bridgehead atoms. The van der Waals surface area contributed by atoms with Crippen molar-refractivity contribution in [1.82, 2.24) is 9.13 Å². The summed E-state index contributed by atoms with van der Waals surface area (Å²) in [7, 11) is 1.69. The van der Waals surface area contributed by atoms with E-state index in [1.54, 1.807) is 11.6 Å². The monoisotopic (exact) mass is 274 g/mol. The number of nitrogens with zero attached hydrogens (tertiary/aromatic N) is 2. The minimum Gasteiger partial charge on any atom is -0.295 e. The highest BCUT2D eigenvalue weighted by molar-refractivity contribution is 5.75. The van der Waals surface area contributed by atoms with Crippen molar-refractivity contribution in [3.05, 3.63) is 70.1 Å². The second-order valence-electron chi connectivity index (χ2n) is 4.66. The maximum absolute atomic E-state index is 13.2. The van der Waals surface area contributed by atoms with E-state index in [0.29, 0.717) is 5.56 Å². The molecule has 3 aromatic rings. The summed E-state index contributed by atoms with van der Waals surface area (Å²) in [6.07, 6.45) is 0. The first-order chi connectivity index (χ1) is 9.58. The zero-order valence-corrected chi connectivity index (χ0v) is 10.8. The number of aromatic nitrogens is 2. The van der Waals surface area contributed by atoms with Gasteiger partial charge in [0.15, 0.2) is 11.6 Å². The number of para-hydroxylation sites is 2. The number of halogens is 2. The molecule has 0 unspecified atom stereocenters. The number of fused-ring (bicyclic) bond motifs is 1. The first kappa shape index (κ1) is 12.6. The number of imidazole rings is 1. The average molecular weight is 274 g/mol. The highest BCUT2D eigenvalue weighted by Crippen LogP contribution is 2.15. The summed E-state index contributed by atoms with van der Waals surface area (Å²) in [5.74, 6) is -1.80. The molecular formula is C15H12F2N2O. The van der Waals surface area contributed by atoms with Crippen LogP contribution in [0.15, 0.2) is 47.3 Å². The molecular weight excluding hydrogens is 262 g/mol. The van der Waals surface area contributed by atoms with Crippen molar-refractivity contribution in [2.45, 2.75) is 6.54 Å². The van der Waals surface area contributed by atoms with Crippen molar-refractivity contribution in [2.24, 2.45) is 7.05 Å². The van der Waals surface area contributed by atoms with Crippen LogP contribution in [-0.4, -0.2) is 9.13 Å². The molecule has 2 aromatic carbocycles. The fourth-order valence-corrected chi connectivity index (χ4v) is 2.34. The largest absolute Gasteiger partial charge is 0.329 e. The van der Waals surface area contributed by atoms with Crippen LogP contribution in [0.1, 0.15) is 5.56 Å². The highest BCUT2D eigenvalue weighted by atomic mass is 19.2. The van der Waals surface area contributed by atoms with Crippen LogP contribution in [0.5, 0.6) is 0 Å². The first-order valence-electron chi connectivity index (χ1n) is 6.16. The molecule has 0 saturated heterocycles. The van der Waals surface area contributed by atoms with Gasteiger partial charge in [-0.25, -0.2) is 13.6 Å². The first-order valence-corrected chi connectivity index (χ1v) is 6.16. The predicted octanol–water partition coefficient (Wildman–Crippen LogP) is 2.67. The quantitative estimate of drug-likeness (QED) is 0.705. The van der Waals surface area contributed by atoms with E-state index in [0.717, 1.165) is 23.2 Å². The molecule has 0 radical (unpaired) electrons. The van der Waals surface area contributed by atoms with E-state index in [1.165, 1.54) is 10.6 Å². The molecule has 0 spiro atoms. The molecule has 1 aromatic heterocycles. The van der Waals surface area contributed by atoms with Crippen molar-refractivity contribution in [1.29, 1.82) is 0 Å². The third-order valence-corrected chi connectivity index (χ3v) is 3.38. The SMILES string of the molecule is Cn1c(=O)n(Cc2ccc(F)c(F)c2)c2ccccc21. The summed E-state index contributed by atoms with van der Waals surface area (Å²) in [6.45, 7) is 0.206. The van der Waals surface area contributed by atoms with Gasteiger partial charge in [-0.3, -0.25) is 9.13 Å². The number of aryl methyl sites for hydroxylation is 1. The van der Waals surface area contributed by atoms with Crippen LogP contribution in [0.25, 0.3) is 11.0 Å². The second-order valence-corrected chi connectivity index (χ2v) is 4.66. The smallest absolute Gasteiger partial charge is 0.295 e. The summed E-state index contributed by atoms with van der Waals surface area (Å²) in [5.41, 5.74) is 1.93. The minimum absolute atomic E-state index is 0.184. The molecule has 0 saturated carbocycles. The van der Waals surface area contributed by atoms with Crippen molar-refractivity contribution < 1.29 is 8.78 Å². The highest BCUT2D eigenvalue weighted by Gasteiger charge is 2.11. The Morgan fingerprint density at radius 1 is 1.00 bits per heavy atom. The second kappa shape index (κ2) is 4.59. The molecule has 0 fully saturated rings. The summed E-state index contributed by atoms with van der Waals surface area (Å²) >= 11 is 0. The lowest BCUT2D eigenvalue weighted by Gasteiger charge is -2.04. The Morgan fingerprint density at radius 3 is 2.40 bits per heavy atom. The van der Waals surface area contributed by atoms with Gasteiger partial charge in [0.05, 0.1) is 17.6 Å². The van der Waals surface area contributed by atoms with E-state index >= 15 is 0 Å². The molecule has 3 rings (SSSR count). The van der Waals surface area contributed by atoms with Crippen LogP contribution in [0.3, 0.4) is 0 Å². The van der Waals surface area contributed by atoms with Gasteiger partial charge in [0.2, 0.25) is 0 Å². The zero-order chi connectivity index (χ0) is 14.3. The van der Waals surface area contributed by atoms with E-state index in [4.69, 9.17) is 0 Å². The van der Waals surface area contributed by atoms with Gasteiger partial charge in [-0.05, 0) is 29.8 Å². The lowest BCUT2D eigenvalue weighted by atomic mass is 10.2. The van der Waals surface area contributed by atoms with Gasteiger partial charge in [0.1, 0.15) is 0 Å². The van der Waals surface area contributed by atoms with Crippen LogP contribution in [0.2, 0.25) is 0 Å². The Labute approximate surface area is 113 Å². The third kappa shape index (κ3) is 1.91. The van der Waals surface area contributed by atoms with Crippen molar-refractivity contribution in [3.8, 4) is 0 Å². The molecule has 20 heavy (non-hydrogen) atoms. The zero-order valence-electron chi connectivity index (χ0n) is 10.8. The Balaban J connectivity index is 2.13. The molecule has 1 heterocycles. The molecule has 3 nitrogen and oxygen atoms in total. The number of benzene rings is 2. The number of hydrogen-bond acceptors (Lipinski definition) is 1. The number of rotatable bonds is 2. The fraction of sp³-hybridized carbons (Fsp3) is 0.133. The van der Waals surface area contributed by atoms with Gasteiger partial charge in [-0.1, -0.05) is 18.2 Å². The van der Waals surface area contributed by atoms with Gasteiger partial charge in [-0.2, -0.15) is 0 Å². The van der Waals surface area contributed by atoms with Crippen LogP contribution in [-0.2, 0) is 13.6 Å². The Hall–Kier alpha value is -2.43. The van der Waals surface area contributed by atoms with E-state index in [2.05, 4.69) is 0 Å². The Morgan fingerprint density at radius 2 is 1.70 bits per heavy atom. The van der Waals surface area contributed by atoms with Crippen LogP contribution < -0.4 is 5.69 Å². The average Bonchev–Trinajstić information content (AvgIpc) is 2.69. The molecule has 0 N–H and O–H groups in total. The summed E-state index contributed by atoms with van der Waals surface area (Å²) in [5, 5.41) is 0. The van der Waals surface area contributed by atoms with Gasteiger partial charge < -0.3 is 0 Å². The van der Waals surface area contributed by atoms with E-state index in [1.807, 2.05) is 24.3 Å². The summed E-state index contributed by atoms with van der Waals surface area (Å²) in [6, 6.07) is 11.0. The van der Waals surface area contributed by atoms with Gasteiger partial charge in [-0.15, -0.1) is 0 Å². The summed E-state index contributed by atoms with van der Waals surface area (Å²) < 4.78 is 29.2. The van der Waals surface area contributed by atoms with Crippen LogP contribution >= 0.6 is 0 Å². The molecule has 102 valence electrons. The third-order valence-electron chi connectivity index (χ3n) is 3.38. The molecule has 5 heteroatoms. The lowest BCUT2D eigenvalue weighted by Crippen LogP contribution is -2.22. The fourth-order valence-electron chi connectivity index (χ4n) is 2.34. The number of hydrogen-bond donors (Lipinski definition) is 0. The van der Waals surface area contributed by atoms with Crippen molar-refractivity contribution >= 4 is 11.0 Å². The molecule has 0 aliphatic carbocycles. The van der Waals surface area contributed by atoms with E-state index < -0.39 is 11.6 Å². The normalized spacial score (nSPS) is 11.2. The Kier molecular flexibility index (Phi) is 2.89. The molecule has 0 aliphatic heterocycles. The molecule has 0 amide bonds. The van der Waals surface area contributed by atoms with Gasteiger partial charge in [0.25, 0.3) is 0 Å². The van der Waals surface area contributed by atoms with Crippen molar-refractivity contribution in [3.63, 3.8) is 0 Å². The van der Waals surface area contributed by atoms with Crippen LogP contribution in [0, 0.1) is 11.6 Å². The van der Waals surface area contributed by atoms with Crippen molar-refractivity contribution in [2.75, 3.05) is 0 Å². The topological polar surface area (TPSA) is 26.9 Å². The molecule has 0 atom stereocenters. The lowest BCUT2D eigenvalue weighted by molar-refractivity contribution is 0.506. The molecule has 0 aliphatic rings. The van der Waals surface area contributed by atoms with Gasteiger partial charge >= 0.3 is 5.69 Å². The van der Waals surface area contributed by atoms with Gasteiger partial charge in [0, 0.05) is 7.05 Å². The maximum Gasteiger partial charge on any atom is 0.329 e. The van der Waals surface area contributed by atoms with E-state index in [9.17, 15) is 13.6 Å². The minimum atomic E-state index is -0.907. The standard InChI is InChI=1S/C15H12F2N2O/c1-18-13-4-2-3-5-14(13)19(15(18)20)9-10-6-7-11(16)12(17)8-10/h2-8H,9H2,1H3. The Bertz CT molecular complexity index is 849.